The van der Waals surface area contributed by atoms with Crippen molar-refractivity contribution in [2.24, 2.45) is 0 Å². The Bertz CT molecular complexity index is 1580. The molecule has 3 aromatic carbocycles. The van der Waals surface area contributed by atoms with E-state index in [9.17, 15) is 9.59 Å². The van der Waals surface area contributed by atoms with Crippen molar-refractivity contribution < 1.29 is 4.79 Å². The van der Waals surface area contributed by atoms with E-state index in [1.165, 1.54) is 4.68 Å². The molecule has 0 aliphatic carbocycles. The summed E-state index contributed by atoms with van der Waals surface area (Å²) in [5, 5.41) is 4.67. The van der Waals surface area contributed by atoms with Gasteiger partial charge in [-0.05, 0) is 47.9 Å². The number of imidazole rings is 1. The van der Waals surface area contributed by atoms with Crippen LogP contribution in [0.15, 0.2) is 83.7 Å². The lowest BCUT2D eigenvalue weighted by Gasteiger charge is -2.12. The van der Waals surface area contributed by atoms with Gasteiger partial charge in [-0.3, -0.25) is 9.59 Å². The Morgan fingerprint density at radius 2 is 1.68 bits per heavy atom. The molecule has 2 aromatic heterocycles. The summed E-state index contributed by atoms with van der Waals surface area (Å²) < 4.78 is 3.41. The SMILES string of the molecule is Cc1cc(=O)n(Cc2cccc(C=O)c2)nc1-c1cccc(Cn2c(N)nc3ccccc32)c1. The van der Waals surface area contributed by atoms with Crippen molar-refractivity contribution in [3.8, 4) is 11.3 Å². The van der Waals surface area contributed by atoms with Gasteiger partial charge in [0.1, 0.15) is 6.29 Å². The van der Waals surface area contributed by atoms with Crippen LogP contribution >= 0.6 is 0 Å². The number of nitrogen functional groups attached to an aromatic ring is 1. The monoisotopic (exact) mass is 449 g/mol. The lowest BCUT2D eigenvalue weighted by atomic mass is 10.0. The van der Waals surface area contributed by atoms with Crippen LogP contribution in [-0.4, -0.2) is 25.6 Å². The summed E-state index contributed by atoms with van der Waals surface area (Å²) in [6, 6.07) is 24.7. The molecule has 0 atom stereocenters. The Hall–Kier alpha value is -4.52. The lowest BCUT2D eigenvalue weighted by Crippen LogP contribution is -2.24. The number of hydrogen-bond donors (Lipinski definition) is 1. The van der Waals surface area contributed by atoms with Crippen LogP contribution < -0.4 is 11.3 Å². The number of rotatable bonds is 6. The van der Waals surface area contributed by atoms with Gasteiger partial charge in [-0.15, -0.1) is 0 Å². The number of carbonyl (C=O) groups is 1. The Morgan fingerprint density at radius 1 is 0.912 bits per heavy atom. The predicted molar refractivity (Wildman–Crippen MR) is 133 cm³/mol. The van der Waals surface area contributed by atoms with Gasteiger partial charge in [-0.25, -0.2) is 9.67 Å². The lowest BCUT2D eigenvalue weighted by molar-refractivity contribution is 0.112. The molecule has 34 heavy (non-hydrogen) atoms. The summed E-state index contributed by atoms with van der Waals surface area (Å²) in [7, 11) is 0. The number of para-hydroxylation sites is 2. The highest BCUT2D eigenvalue weighted by Crippen LogP contribution is 2.24. The van der Waals surface area contributed by atoms with Crippen molar-refractivity contribution in [3.05, 3.63) is 111 Å². The highest BCUT2D eigenvalue weighted by Gasteiger charge is 2.12. The summed E-state index contributed by atoms with van der Waals surface area (Å²) in [5.41, 5.74) is 12.7. The van der Waals surface area contributed by atoms with Gasteiger partial charge in [0.2, 0.25) is 5.95 Å². The first-order valence-electron chi connectivity index (χ1n) is 10.9. The second-order valence-corrected chi connectivity index (χ2v) is 8.28. The molecule has 5 rings (SSSR count). The molecule has 0 fully saturated rings. The minimum atomic E-state index is -0.188. The van der Waals surface area contributed by atoms with Gasteiger partial charge >= 0.3 is 0 Å². The number of aldehydes is 1. The average Bonchev–Trinajstić information content (AvgIpc) is 3.16. The fraction of sp³-hybridized carbons (Fsp3) is 0.111. The highest BCUT2D eigenvalue weighted by molar-refractivity contribution is 5.78. The molecule has 0 saturated heterocycles. The van der Waals surface area contributed by atoms with E-state index in [1.54, 1.807) is 24.3 Å². The number of carbonyl (C=O) groups excluding carboxylic acids is 1. The van der Waals surface area contributed by atoms with Gasteiger partial charge < -0.3 is 10.3 Å². The Labute approximate surface area is 196 Å². The fourth-order valence-corrected chi connectivity index (χ4v) is 4.17. The van der Waals surface area contributed by atoms with Gasteiger partial charge in [0, 0.05) is 17.2 Å². The first kappa shape index (κ1) is 21.3. The second kappa shape index (κ2) is 8.78. The van der Waals surface area contributed by atoms with Gasteiger partial charge in [0.25, 0.3) is 5.56 Å². The van der Waals surface area contributed by atoms with Crippen molar-refractivity contribution >= 4 is 23.3 Å². The number of nitrogens with two attached hydrogens (primary N) is 1. The third kappa shape index (κ3) is 4.11. The van der Waals surface area contributed by atoms with E-state index in [2.05, 4.69) is 16.1 Å². The van der Waals surface area contributed by atoms with Gasteiger partial charge in [-0.2, -0.15) is 5.10 Å². The number of fused-ring (bicyclic) bond motifs is 1. The van der Waals surface area contributed by atoms with Gasteiger partial charge in [-0.1, -0.05) is 48.5 Å². The number of nitrogens with zero attached hydrogens (tertiary/aromatic N) is 4. The standard InChI is InChI=1S/C27H23N5O2/c1-18-12-25(34)32(16-19-6-4-8-21(13-19)17-33)30-26(18)22-9-5-7-20(14-22)15-31-24-11-3-2-10-23(24)29-27(31)28/h2-14,17H,15-16H2,1H3,(H2,28,29). The van der Waals surface area contributed by atoms with Crippen molar-refractivity contribution in [1.29, 1.82) is 0 Å². The first-order chi connectivity index (χ1) is 16.5. The Morgan fingerprint density at radius 3 is 2.50 bits per heavy atom. The van der Waals surface area contributed by atoms with Crippen molar-refractivity contribution in [3.63, 3.8) is 0 Å². The average molecular weight is 450 g/mol. The minimum absolute atomic E-state index is 0.188. The molecule has 0 aliphatic rings. The van der Waals surface area contributed by atoms with Crippen molar-refractivity contribution in [2.45, 2.75) is 20.0 Å². The third-order valence-electron chi connectivity index (χ3n) is 5.83. The highest BCUT2D eigenvalue weighted by atomic mass is 16.1. The third-order valence-corrected chi connectivity index (χ3v) is 5.83. The number of aryl methyl sites for hydroxylation is 1. The quantitative estimate of drug-likeness (QED) is 0.395. The minimum Gasteiger partial charge on any atom is -0.369 e. The topological polar surface area (TPSA) is 95.8 Å². The molecule has 0 amide bonds. The smallest absolute Gasteiger partial charge is 0.267 e. The Kier molecular flexibility index (Phi) is 5.51. The van der Waals surface area contributed by atoms with Crippen LogP contribution in [-0.2, 0) is 13.1 Å². The van der Waals surface area contributed by atoms with E-state index >= 15 is 0 Å². The first-order valence-corrected chi connectivity index (χ1v) is 10.9. The second-order valence-electron chi connectivity index (χ2n) is 8.28. The number of anilines is 1. The zero-order valence-corrected chi connectivity index (χ0v) is 18.7. The van der Waals surface area contributed by atoms with Crippen LogP contribution in [0.25, 0.3) is 22.3 Å². The number of benzene rings is 3. The molecule has 7 nitrogen and oxygen atoms in total. The molecule has 0 spiro atoms. The molecule has 5 aromatic rings. The van der Waals surface area contributed by atoms with E-state index < -0.39 is 0 Å². The van der Waals surface area contributed by atoms with E-state index in [0.29, 0.717) is 18.1 Å². The van der Waals surface area contributed by atoms with Crippen LogP contribution in [0, 0.1) is 6.92 Å². The summed E-state index contributed by atoms with van der Waals surface area (Å²) in [4.78, 5) is 28.2. The summed E-state index contributed by atoms with van der Waals surface area (Å²) >= 11 is 0. The van der Waals surface area contributed by atoms with Crippen LogP contribution in [0.3, 0.4) is 0 Å². The fourth-order valence-electron chi connectivity index (χ4n) is 4.17. The molecule has 2 heterocycles. The van der Waals surface area contributed by atoms with Crippen LogP contribution in [0.2, 0.25) is 0 Å². The number of aromatic nitrogens is 4. The predicted octanol–water partition coefficient (Wildman–Crippen LogP) is 4.06. The molecule has 168 valence electrons. The maximum atomic E-state index is 12.6. The molecule has 0 bridgehead atoms. The Balaban J connectivity index is 1.50. The van der Waals surface area contributed by atoms with Crippen molar-refractivity contribution in [2.75, 3.05) is 5.73 Å². The zero-order valence-electron chi connectivity index (χ0n) is 18.7. The van der Waals surface area contributed by atoms with Gasteiger partial charge in [0.05, 0.1) is 29.8 Å². The molecule has 0 saturated carbocycles. The van der Waals surface area contributed by atoms with Crippen LogP contribution in [0.5, 0.6) is 0 Å². The molecule has 0 aliphatic heterocycles. The molecule has 2 N–H and O–H groups in total. The maximum absolute atomic E-state index is 12.6. The van der Waals surface area contributed by atoms with Gasteiger partial charge in [0.15, 0.2) is 0 Å². The van der Waals surface area contributed by atoms with Crippen LogP contribution in [0.4, 0.5) is 5.95 Å². The number of hydrogen-bond acceptors (Lipinski definition) is 5. The molecule has 0 radical (unpaired) electrons. The van der Waals surface area contributed by atoms with E-state index in [4.69, 9.17) is 5.73 Å². The molecular weight excluding hydrogens is 426 g/mol. The van der Waals surface area contributed by atoms with Crippen LogP contribution in [0.1, 0.15) is 27.0 Å². The van der Waals surface area contributed by atoms with E-state index in [1.807, 2.05) is 60.0 Å². The zero-order chi connectivity index (χ0) is 23.7. The molecular formula is C27H23N5O2. The molecule has 7 heteroatoms. The molecule has 0 unspecified atom stereocenters. The summed E-state index contributed by atoms with van der Waals surface area (Å²) in [5.74, 6) is 0.465. The summed E-state index contributed by atoms with van der Waals surface area (Å²) in [6.45, 7) is 2.73. The normalized spacial score (nSPS) is 11.1. The van der Waals surface area contributed by atoms with E-state index in [-0.39, 0.29) is 12.1 Å². The maximum Gasteiger partial charge on any atom is 0.267 e. The largest absolute Gasteiger partial charge is 0.369 e. The van der Waals surface area contributed by atoms with Crippen molar-refractivity contribution in [1.82, 2.24) is 19.3 Å². The summed E-state index contributed by atoms with van der Waals surface area (Å²) in [6.07, 6.45) is 0.794. The van der Waals surface area contributed by atoms with E-state index in [0.717, 1.165) is 45.3 Å².